The summed E-state index contributed by atoms with van der Waals surface area (Å²) in [4.78, 5) is 25.3. The van der Waals surface area contributed by atoms with Crippen LogP contribution in [0.1, 0.15) is 28.9 Å². The lowest BCUT2D eigenvalue weighted by molar-refractivity contribution is 0.0972. The van der Waals surface area contributed by atoms with Crippen molar-refractivity contribution in [1.82, 2.24) is 15.0 Å². The van der Waals surface area contributed by atoms with Gasteiger partial charge in [-0.05, 0) is 30.5 Å². The van der Waals surface area contributed by atoms with Gasteiger partial charge in [0, 0.05) is 17.5 Å². The molecule has 0 atom stereocenters. The highest BCUT2D eigenvalue weighted by atomic mass is 16.3. The maximum absolute atomic E-state index is 12.6. The Morgan fingerprint density at radius 1 is 0.958 bits per heavy atom. The van der Waals surface area contributed by atoms with Gasteiger partial charge in [-0.1, -0.05) is 12.1 Å². The van der Waals surface area contributed by atoms with Gasteiger partial charge in [0.25, 0.3) is 0 Å². The lowest BCUT2D eigenvalue weighted by atomic mass is 9.86. The van der Waals surface area contributed by atoms with Gasteiger partial charge >= 0.3 is 0 Å². The van der Waals surface area contributed by atoms with E-state index in [4.69, 9.17) is 11.5 Å². The molecule has 0 aliphatic heterocycles. The van der Waals surface area contributed by atoms with E-state index in [1.807, 2.05) is 0 Å². The minimum atomic E-state index is 0.0324. The molecule has 0 unspecified atom stereocenters. The van der Waals surface area contributed by atoms with Crippen molar-refractivity contribution >= 4 is 28.6 Å². The van der Waals surface area contributed by atoms with Crippen molar-refractivity contribution in [1.29, 1.82) is 0 Å². The van der Waals surface area contributed by atoms with Crippen LogP contribution in [-0.4, -0.2) is 25.8 Å². The monoisotopic (exact) mass is 321 g/mol. The predicted molar refractivity (Wildman–Crippen MR) is 90.5 cm³/mol. The van der Waals surface area contributed by atoms with E-state index in [2.05, 4.69) is 15.0 Å². The molecule has 4 rings (SSSR count). The molecule has 7 nitrogen and oxygen atoms in total. The fourth-order valence-corrected chi connectivity index (χ4v) is 3.20. The van der Waals surface area contributed by atoms with Crippen LogP contribution in [0, 0.1) is 0 Å². The van der Waals surface area contributed by atoms with Crippen molar-refractivity contribution in [2.24, 2.45) is 0 Å². The van der Waals surface area contributed by atoms with Gasteiger partial charge < -0.3 is 16.6 Å². The van der Waals surface area contributed by atoms with Crippen LogP contribution in [0.4, 0.5) is 11.8 Å². The smallest absolute Gasteiger partial charge is 0.224 e. The van der Waals surface area contributed by atoms with Gasteiger partial charge in [-0.25, -0.2) is 4.98 Å². The normalized spacial score (nSPS) is 13.9. The molecule has 2 heterocycles. The number of phenolic OH excluding ortho intramolecular Hbond substituents is 1. The predicted octanol–water partition coefficient (Wildman–Crippen LogP) is 2.08. The van der Waals surface area contributed by atoms with E-state index in [0.717, 1.165) is 12.0 Å². The summed E-state index contributed by atoms with van der Waals surface area (Å²) < 4.78 is 0. The van der Waals surface area contributed by atoms with Crippen molar-refractivity contribution in [2.45, 2.75) is 19.3 Å². The van der Waals surface area contributed by atoms with Gasteiger partial charge in [-0.15, -0.1) is 0 Å². The van der Waals surface area contributed by atoms with Crippen molar-refractivity contribution in [2.75, 3.05) is 11.5 Å². The highest BCUT2D eigenvalue weighted by Crippen LogP contribution is 2.38. The third kappa shape index (κ3) is 2.13. The van der Waals surface area contributed by atoms with Crippen LogP contribution >= 0.6 is 0 Å². The number of fused-ring (bicyclic) bond motifs is 2. The first-order valence-electron chi connectivity index (χ1n) is 7.63. The zero-order valence-electron chi connectivity index (χ0n) is 12.8. The average Bonchev–Trinajstić information content (AvgIpc) is 2.54. The number of ketones is 1. The second-order valence-electron chi connectivity index (χ2n) is 5.80. The van der Waals surface area contributed by atoms with E-state index in [9.17, 15) is 9.90 Å². The van der Waals surface area contributed by atoms with Gasteiger partial charge in [0.15, 0.2) is 11.4 Å². The van der Waals surface area contributed by atoms with E-state index in [1.165, 1.54) is 0 Å². The molecule has 0 amide bonds. The van der Waals surface area contributed by atoms with Gasteiger partial charge in [0.1, 0.15) is 11.6 Å². The summed E-state index contributed by atoms with van der Waals surface area (Å²) in [6.45, 7) is 0. The minimum absolute atomic E-state index is 0.0324. The molecule has 2 aromatic heterocycles. The quantitative estimate of drug-likeness (QED) is 0.626. The molecule has 5 N–H and O–H groups in total. The molecule has 0 radical (unpaired) electrons. The molecule has 3 aromatic rings. The SMILES string of the molecule is Nc1nc(N)c2c(-c3ccc(O)cc3)c3c(nc2n1)CCCC3=O. The topological polar surface area (TPSA) is 128 Å². The number of aromatic nitrogens is 3. The summed E-state index contributed by atoms with van der Waals surface area (Å²) in [6.07, 6.45) is 1.93. The first-order valence-corrected chi connectivity index (χ1v) is 7.63. The Labute approximate surface area is 137 Å². The summed E-state index contributed by atoms with van der Waals surface area (Å²) in [6, 6.07) is 6.61. The zero-order valence-corrected chi connectivity index (χ0v) is 12.8. The fourth-order valence-electron chi connectivity index (χ4n) is 3.20. The summed E-state index contributed by atoms with van der Waals surface area (Å²) in [5.74, 6) is 0.413. The number of Topliss-reactive ketones (excluding diaryl/α,β-unsaturated/α-hetero) is 1. The van der Waals surface area contributed by atoms with Gasteiger partial charge in [-0.3, -0.25) is 4.79 Å². The molecule has 1 aliphatic carbocycles. The first-order chi connectivity index (χ1) is 11.5. The number of rotatable bonds is 1. The molecule has 0 saturated heterocycles. The fraction of sp³-hybridized carbons (Fsp3) is 0.176. The molecular weight excluding hydrogens is 306 g/mol. The largest absolute Gasteiger partial charge is 0.508 e. The van der Waals surface area contributed by atoms with Crippen molar-refractivity contribution in [3.8, 4) is 16.9 Å². The number of carbonyl (C=O) groups excluding carboxylic acids is 1. The van der Waals surface area contributed by atoms with Gasteiger partial charge in [0.05, 0.1) is 11.1 Å². The van der Waals surface area contributed by atoms with Crippen LogP contribution in [0.2, 0.25) is 0 Å². The van der Waals surface area contributed by atoms with Crippen molar-refractivity contribution in [3.05, 3.63) is 35.5 Å². The van der Waals surface area contributed by atoms with Crippen LogP contribution < -0.4 is 11.5 Å². The van der Waals surface area contributed by atoms with E-state index in [1.54, 1.807) is 24.3 Å². The summed E-state index contributed by atoms with van der Waals surface area (Å²) in [5, 5.41) is 10.1. The van der Waals surface area contributed by atoms with Gasteiger partial charge in [0.2, 0.25) is 5.95 Å². The van der Waals surface area contributed by atoms with E-state index in [-0.39, 0.29) is 23.3 Å². The Morgan fingerprint density at radius 2 is 1.71 bits per heavy atom. The van der Waals surface area contributed by atoms with E-state index >= 15 is 0 Å². The number of nitrogens with zero attached hydrogens (tertiary/aromatic N) is 3. The van der Waals surface area contributed by atoms with Crippen LogP contribution in [0.15, 0.2) is 24.3 Å². The molecule has 1 aromatic carbocycles. The zero-order chi connectivity index (χ0) is 16.8. The van der Waals surface area contributed by atoms with E-state index in [0.29, 0.717) is 40.7 Å². The lowest BCUT2D eigenvalue weighted by Gasteiger charge is -2.20. The number of hydrogen-bond donors (Lipinski definition) is 3. The lowest BCUT2D eigenvalue weighted by Crippen LogP contribution is -2.16. The highest BCUT2D eigenvalue weighted by molar-refractivity contribution is 6.13. The highest BCUT2D eigenvalue weighted by Gasteiger charge is 2.27. The first kappa shape index (κ1) is 14.4. The van der Waals surface area contributed by atoms with Crippen LogP contribution in [0.5, 0.6) is 5.75 Å². The molecule has 1 aliphatic rings. The van der Waals surface area contributed by atoms with Crippen molar-refractivity contribution < 1.29 is 9.90 Å². The second-order valence-corrected chi connectivity index (χ2v) is 5.80. The number of anilines is 2. The number of nitrogen functional groups attached to an aromatic ring is 2. The second kappa shape index (κ2) is 5.16. The maximum Gasteiger partial charge on any atom is 0.224 e. The summed E-state index contributed by atoms with van der Waals surface area (Å²) in [5.41, 5.74) is 14.8. The molecule has 120 valence electrons. The third-order valence-electron chi connectivity index (χ3n) is 4.22. The Balaban J connectivity index is 2.17. The molecular formula is C17H15N5O2. The number of phenols is 1. The maximum atomic E-state index is 12.6. The number of benzene rings is 1. The summed E-state index contributed by atoms with van der Waals surface area (Å²) >= 11 is 0. The minimum Gasteiger partial charge on any atom is -0.508 e. The number of aromatic hydroxyl groups is 1. The molecule has 0 saturated carbocycles. The number of carbonyl (C=O) groups is 1. The third-order valence-corrected chi connectivity index (χ3v) is 4.22. The Hall–Kier alpha value is -3.22. The number of hydrogen-bond acceptors (Lipinski definition) is 7. The molecule has 0 bridgehead atoms. The number of pyridine rings is 1. The molecule has 0 spiro atoms. The molecule has 0 fully saturated rings. The summed E-state index contributed by atoms with van der Waals surface area (Å²) in [7, 11) is 0. The average molecular weight is 321 g/mol. The Bertz CT molecular complexity index is 983. The van der Waals surface area contributed by atoms with Crippen LogP contribution in [-0.2, 0) is 6.42 Å². The molecule has 24 heavy (non-hydrogen) atoms. The number of aryl methyl sites for hydroxylation is 1. The van der Waals surface area contributed by atoms with Crippen LogP contribution in [0.3, 0.4) is 0 Å². The van der Waals surface area contributed by atoms with E-state index < -0.39 is 0 Å². The van der Waals surface area contributed by atoms with Gasteiger partial charge in [-0.2, -0.15) is 9.97 Å². The number of nitrogens with two attached hydrogens (primary N) is 2. The Morgan fingerprint density at radius 3 is 2.46 bits per heavy atom. The standard InChI is InChI=1S/C17H15N5O2/c18-15-14-12(8-4-6-9(23)7-5-8)13-10(2-1-3-11(13)24)20-16(14)22-17(19)21-15/h4-7,23H,1-3H2,(H4,18,19,20,21,22). The Kier molecular flexibility index (Phi) is 3.09. The molecule has 7 heteroatoms. The van der Waals surface area contributed by atoms with Crippen molar-refractivity contribution in [3.63, 3.8) is 0 Å². The van der Waals surface area contributed by atoms with Crippen LogP contribution in [0.25, 0.3) is 22.2 Å².